The summed E-state index contributed by atoms with van der Waals surface area (Å²) in [4.78, 5) is 2.41. The Morgan fingerprint density at radius 1 is 1.24 bits per heavy atom. The van der Waals surface area contributed by atoms with Gasteiger partial charge < -0.3 is 15.0 Å². The minimum atomic E-state index is 0.446. The first-order valence-corrected chi connectivity index (χ1v) is 9.40. The molecule has 1 aromatic carbocycles. The largest absolute Gasteiger partial charge is 0.378 e. The van der Waals surface area contributed by atoms with Crippen molar-refractivity contribution >= 4 is 5.82 Å². The van der Waals surface area contributed by atoms with E-state index in [1.165, 1.54) is 41.8 Å². The highest BCUT2D eigenvalue weighted by Gasteiger charge is 2.24. The zero-order valence-corrected chi connectivity index (χ0v) is 15.3. The second-order valence-corrected chi connectivity index (χ2v) is 7.14. The van der Waals surface area contributed by atoms with Crippen molar-refractivity contribution in [3.63, 3.8) is 0 Å². The Kier molecular flexibility index (Phi) is 4.77. The van der Waals surface area contributed by atoms with Crippen LogP contribution in [0.25, 0.3) is 0 Å². The standard InChI is InChI=1S/C20H28N4O/c1-15-18(20(23(2)22-15)24-10-12-25-13-11-24)14-21-19-9-5-7-16-6-3-4-8-17(16)19/h3-4,6,8,19,21H,5,7,9-14H2,1-2H3. The fourth-order valence-corrected chi connectivity index (χ4v) is 4.26. The number of benzene rings is 1. The van der Waals surface area contributed by atoms with Gasteiger partial charge in [0.25, 0.3) is 0 Å². The number of fused-ring (bicyclic) bond motifs is 1. The minimum Gasteiger partial charge on any atom is -0.378 e. The highest BCUT2D eigenvalue weighted by Crippen LogP contribution is 2.31. The van der Waals surface area contributed by atoms with E-state index in [1.807, 2.05) is 4.68 Å². The van der Waals surface area contributed by atoms with Gasteiger partial charge in [-0.1, -0.05) is 24.3 Å². The van der Waals surface area contributed by atoms with Gasteiger partial charge in [-0.05, 0) is 37.3 Å². The van der Waals surface area contributed by atoms with Crippen LogP contribution in [0, 0.1) is 6.92 Å². The van der Waals surface area contributed by atoms with Crippen molar-refractivity contribution in [2.45, 2.75) is 38.8 Å². The smallest absolute Gasteiger partial charge is 0.131 e. The topological polar surface area (TPSA) is 42.3 Å². The SMILES string of the molecule is Cc1nn(C)c(N2CCOCC2)c1CNC1CCCc2ccccc21. The molecule has 0 spiro atoms. The number of nitrogens with zero attached hydrogens (tertiary/aromatic N) is 3. The van der Waals surface area contributed by atoms with E-state index in [1.54, 1.807) is 0 Å². The molecule has 4 rings (SSSR count). The average Bonchev–Trinajstić information content (AvgIpc) is 2.94. The Labute approximate surface area is 150 Å². The van der Waals surface area contributed by atoms with E-state index >= 15 is 0 Å². The molecule has 5 heteroatoms. The van der Waals surface area contributed by atoms with Crippen LogP contribution in [0.3, 0.4) is 0 Å². The van der Waals surface area contributed by atoms with Crippen molar-refractivity contribution in [2.24, 2.45) is 7.05 Å². The molecule has 1 N–H and O–H groups in total. The number of ether oxygens (including phenoxy) is 1. The lowest BCUT2D eigenvalue weighted by molar-refractivity contribution is 0.122. The Hall–Kier alpha value is -1.85. The number of hydrogen-bond acceptors (Lipinski definition) is 4. The quantitative estimate of drug-likeness (QED) is 0.929. The summed E-state index contributed by atoms with van der Waals surface area (Å²) in [5.74, 6) is 1.25. The summed E-state index contributed by atoms with van der Waals surface area (Å²) >= 11 is 0. The molecule has 1 unspecified atom stereocenters. The molecule has 1 atom stereocenters. The van der Waals surface area contributed by atoms with Gasteiger partial charge in [-0.15, -0.1) is 0 Å². The second-order valence-electron chi connectivity index (χ2n) is 7.14. The molecular formula is C20H28N4O. The molecule has 0 radical (unpaired) electrons. The maximum Gasteiger partial charge on any atom is 0.131 e. The van der Waals surface area contributed by atoms with Crippen LogP contribution in [0.4, 0.5) is 5.82 Å². The third kappa shape index (κ3) is 3.31. The van der Waals surface area contributed by atoms with Crippen LogP contribution in [0.15, 0.2) is 24.3 Å². The van der Waals surface area contributed by atoms with Crippen molar-refractivity contribution in [3.05, 3.63) is 46.6 Å². The molecule has 2 aromatic rings. The van der Waals surface area contributed by atoms with Gasteiger partial charge in [0.15, 0.2) is 0 Å². The summed E-state index contributed by atoms with van der Waals surface area (Å²) in [6.45, 7) is 6.47. The predicted molar refractivity (Wildman–Crippen MR) is 99.9 cm³/mol. The molecule has 134 valence electrons. The molecule has 1 aromatic heterocycles. The van der Waals surface area contributed by atoms with E-state index in [4.69, 9.17) is 4.74 Å². The van der Waals surface area contributed by atoms with Crippen LogP contribution in [-0.2, 0) is 24.8 Å². The third-order valence-electron chi connectivity index (χ3n) is 5.52. The number of nitrogens with one attached hydrogen (secondary N) is 1. The molecular weight excluding hydrogens is 312 g/mol. The van der Waals surface area contributed by atoms with Gasteiger partial charge in [0.2, 0.25) is 0 Å². The monoisotopic (exact) mass is 340 g/mol. The number of anilines is 1. The van der Waals surface area contributed by atoms with Gasteiger partial charge in [-0.25, -0.2) is 0 Å². The van der Waals surface area contributed by atoms with Crippen molar-refractivity contribution in [1.82, 2.24) is 15.1 Å². The van der Waals surface area contributed by atoms with Crippen molar-refractivity contribution < 1.29 is 4.74 Å². The van der Waals surface area contributed by atoms with Gasteiger partial charge in [0, 0.05) is 38.3 Å². The summed E-state index contributed by atoms with van der Waals surface area (Å²) in [6, 6.07) is 9.32. The minimum absolute atomic E-state index is 0.446. The number of morpholine rings is 1. The maximum atomic E-state index is 5.51. The van der Waals surface area contributed by atoms with Crippen molar-refractivity contribution in [1.29, 1.82) is 0 Å². The second kappa shape index (κ2) is 7.18. The lowest BCUT2D eigenvalue weighted by Gasteiger charge is -2.30. The van der Waals surface area contributed by atoms with Crippen molar-refractivity contribution in [3.8, 4) is 0 Å². The fourth-order valence-electron chi connectivity index (χ4n) is 4.26. The maximum absolute atomic E-state index is 5.51. The number of aromatic nitrogens is 2. The Morgan fingerprint density at radius 3 is 2.88 bits per heavy atom. The van der Waals surface area contributed by atoms with Gasteiger partial charge >= 0.3 is 0 Å². The van der Waals surface area contributed by atoms with Crippen LogP contribution >= 0.6 is 0 Å². The van der Waals surface area contributed by atoms with E-state index in [2.05, 4.69) is 53.6 Å². The van der Waals surface area contributed by atoms with Crippen LogP contribution in [-0.4, -0.2) is 36.1 Å². The summed E-state index contributed by atoms with van der Waals surface area (Å²) in [7, 11) is 2.05. The van der Waals surface area contributed by atoms with Crippen LogP contribution in [0.2, 0.25) is 0 Å². The predicted octanol–water partition coefficient (Wildman–Crippen LogP) is 2.73. The van der Waals surface area contributed by atoms with E-state index in [0.29, 0.717) is 6.04 Å². The normalized spacial score (nSPS) is 20.6. The van der Waals surface area contributed by atoms with E-state index < -0.39 is 0 Å². The molecule has 25 heavy (non-hydrogen) atoms. The van der Waals surface area contributed by atoms with E-state index in [-0.39, 0.29) is 0 Å². The molecule has 5 nitrogen and oxygen atoms in total. The molecule has 1 aliphatic carbocycles. The van der Waals surface area contributed by atoms with Gasteiger partial charge in [0.05, 0.1) is 18.9 Å². The molecule has 1 saturated heterocycles. The first-order chi connectivity index (χ1) is 12.2. The van der Waals surface area contributed by atoms with Crippen LogP contribution in [0.1, 0.15) is 41.3 Å². The summed E-state index contributed by atoms with van der Waals surface area (Å²) < 4.78 is 7.55. The average molecular weight is 340 g/mol. The molecule has 2 heterocycles. The molecule has 1 fully saturated rings. The lowest BCUT2D eigenvalue weighted by Crippen LogP contribution is -2.38. The zero-order valence-electron chi connectivity index (χ0n) is 15.3. The Morgan fingerprint density at radius 2 is 2.04 bits per heavy atom. The zero-order chi connectivity index (χ0) is 17.2. The van der Waals surface area contributed by atoms with Gasteiger partial charge in [-0.3, -0.25) is 4.68 Å². The lowest BCUT2D eigenvalue weighted by atomic mass is 9.87. The molecule has 0 bridgehead atoms. The van der Waals surface area contributed by atoms with Gasteiger partial charge in [-0.2, -0.15) is 5.10 Å². The first kappa shape index (κ1) is 16.6. The van der Waals surface area contributed by atoms with E-state index in [9.17, 15) is 0 Å². The molecule has 1 aliphatic heterocycles. The van der Waals surface area contributed by atoms with Gasteiger partial charge in [0.1, 0.15) is 5.82 Å². The Balaban J connectivity index is 1.54. The highest BCUT2D eigenvalue weighted by atomic mass is 16.5. The molecule has 2 aliphatic rings. The van der Waals surface area contributed by atoms with Crippen molar-refractivity contribution in [2.75, 3.05) is 31.2 Å². The van der Waals surface area contributed by atoms with Crippen LogP contribution in [0.5, 0.6) is 0 Å². The first-order valence-electron chi connectivity index (χ1n) is 9.40. The van der Waals surface area contributed by atoms with E-state index in [0.717, 1.165) is 38.5 Å². The molecule has 0 amide bonds. The summed E-state index contributed by atoms with van der Waals surface area (Å²) in [5, 5.41) is 8.50. The Bertz CT molecular complexity index is 733. The fraction of sp³-hybridized carbons (Fsp3) is 0.550. The summed E-state index contributed by atoms with van der Waals surface area (Å²) in [6.07, 6.45) is 3.68. The number of hydrogen-bond donors (Lipinski definition) is 1. The summed E-state index contributed by atoms with van der Waals surface area (Å²) in [5.41, 5.74) is 5.43. The van der Waals surface area contributed by atoms with Crippen LogP contribution < -0.4 is 10.2 Å². The third-order valence-corrected chi connectivity index (χ3v) is 5.52. The molecule has 0 saturated carbocycles. The number of rotatable bonds is 4. The highest BCUT2D eigenvalue weighted by molar-refractivity contribution is 5.50. The number of aryl methyl sites for hydroxylation is 3.